The Bertz CT molecular complexity index is 220. The van der Waals surface area contributed by atoms with Crippen LogP contribution in [0.4, 0.5) is 0 Å². The molecule has 1 amide bonds. The first-order valence-electron chi connectivity index (χ1n) is 7.18. The van der Waals surface area contributed by atoms with Crippen LogP contribution in [0.1, 0.15) is 46.5 Å². The summed E-state index contributed by atoms with van der Waals surface area (Å²) in [7, 11) is 0. The van der Waals surface area contributed by atoms with Gasteiger partial charge in [0.1, 0.15) is 0 Å². The van der Waals surface area contributed by atoms with E-state index in [1.165, 1.54) is 12.8 Å². The van der Waals surface area contributed by atoms with Crippen LogP contribution in [0.3, 0.4) is 0 Å². The zero-order valence-electron chi connectivity index (χ0n) is 12.2. The van der Waals surface area contributed by atoms with Crippen molar-refractivity contribution in [2.24, 2.45) is 17.6 Å². The molecule has 0 aliphatic heterocycles. The number of unbranched alkanes of at least 4 members (excludes halogenated alkanes) is 3. The number of aliphatic hydroxyl groups excluding tert-OH is 1. The van der Waals surface area contributed by atoms with Gasteiger partial charge in [-0.1, -0.05) is 40.0 Å². The molecule has 1 unspecified atom stereocenters. The molecule has 0 saturated heterocycles. The maximum absolute atomic E-state index is 12.3. The van der Waals surface area contributed by atoms with Crippen LogP contribution >= 0.6 is 0 Å². The molecule has 0 aliphatic carbocycles. The van der Waals surface area contributed by atoms with Gasteiger partial charge in [-0.15, -0.1) is 0 Å². The highest BCUT2D eigenvalue weighted by molar-refractivity contribution is 5.79. The van der Waals surface area contributed by atoms with Gasteiger partial charge in [-0.05, 0) is 12.3 Å². The lowest BCUT2D eigenvalue weighted by Gasteiger charge is -2.28. The largest absolute Gasteiger partial charge is 0.395 e. The smallest absolute Gasteiger partial charge is 0.227 e. The molecule has 0 saturated carbocycles. The maximum Gasteiger partial charge on any atom is 0.227 e. The van der Waals surface area contributed by atoms with Gasteiger partial charge >= 0.3 is 0 Å². The summed E-state index contributed by atoms with van der Waals surface area (Å²) in [6.45, 7) is 7.77. The van der Waals surface area contributed by atoms with Crippen LogP contribution in [0.5, 0.6) is 0 Å². The molecule has 0 aromatic heterocycles. The zero-order chi connectivity index (χ0) is 14.0. The van der Waals surface area contributed by atoms with Gasteiger partial charge in [0.2, 0.25) is 5.91 Å². The van der Waals surface area contributed by atoms with E-state index in [0.29, 0.717) is 13.1 Å². The van der Waals surface area contributed by atoms with Crippen molar-refractivity contribution < 1.29 is 9.90 Å². The predicted molar refractivity (Wildman–Crippen MR) is 75.2 cm³/mol. The minimum absolute atomic E-state index is 0.0227. The predicted octanol–water partition coefficient (Wildman–Crippen LogP) is 1.62. The number of rotatable bonds is 10. The average Bonchev–Trinajstić information content (AvgIpc) is 2.33. The molecule has 4 heteroatoms. The summed E-state index contributed by atoms with van der Waals surface area (Å²) in [6.07, 6.45) is 4.53. The van der Waals surface area contributed by atoms with E-state index in [2.05, 4.69) is 6.92 Å². The molecule has 0 aliphatic rings. The first kappa shape index (κ1) is 17.4. The van der Waals surface area contributed by atoms with E-state index in [0.717, 1.165) is 19.4 Å². The summed E-state index contributed by atoms with van der Waals surface area (Å²) < 4.78 is 0. The summed E-state index contributed by atoms with van der Waals surface area (Å²) in [5, 5.41) is 9.06. The molecule has 4 nitrogen and oxygen atoms in total. The Hall–Kier alpha value is -0.610. The molecule has 3 N–H and O–H groups in total. The molecular weight excluding hydrogens is 228 g/mol. The summed E-state index contributed by atoms with van der Waals surface area (Å²) >= 11 is 0. The van der Waals surface area contributed by atoms with Crippen molar-refractivity contribution in [2.75, 3.05) is 26.2 Å². The molecule has 0 bridgehead atoms. The quantitative estimate of drug-likeness (QED) is 0.585. The molecule has 0 spiro atoms. The third kappa shape index (κ3) is 6.36. The summed E-state index contributed by atoms with van der Waals surface area (Å²) in [6, 6.07) is 0. The highest BCUT2D eigenvalue weighted by Crippen LogP contribution is 2.14. The Labute approximate surface area is 112 Å². The second-order valence-corrected chi connectivity index (χ2v) is 5.20. The maximum atomic E-state index is 12.3. The number of amides is 1. The Kier molecular flexibility index (Phi) is 9.98. The van der Waals surface area contributed by atoms with Gasteiger partial charge in [0.25, 0.3) is 0 Å². The number of hydrogen-bond donors (Lipinski definition) is 2. The average molecular weight is 258 g/mol. The Morgan fingerprint density at radius 2 is 1.89 bits per heavy atom. The van der Waals surface area contributed by atoms with Gasteiger partial charge in [-0.2, -0.15) is 0 Å². The number of carbonyl (C=O) groups excluding carboxylic acids is 1. The van der Waals surface area contributed by atoms with Crippen molar-refractivity contribution in [3.63, 3.8) is 0 Å². The van der Waals surface area contributed by atoms with Crippen molar-refractivity contribution >= 4 is 5.91 Å². The van der Waals surface area contributed by atoms with Gasteiger partial charge in [0.05, 0.1) is 12.5 Å². The van der Waals surface area contributed by atoms with Crippen molar-refractivity contribution in [1.82, 2.24) is 4.90 Å². The Morgan fingerprint density at radius 1 is 1.22 bits per heavy atom. The Morgan fingerprint density at radius 3 is 2.33 bits per heavy atom. The highest BCUT2D eigenvalue weighted by Gasteiger charge is 2.25. The van der Waals surface area contributed by atoms with Crippen molar-refractivity contribution in [3.8, 4) is 0 Å². The third-order valence-corrected chi connectivity index (χ3v) is 3.34. The van der Waals surface area contributed by atoms with Gasteiger partial charge < -0.3 is 15.7 Å². The van der Waals surface area contributed by atoms with E-state index in [9.17, 15) is 4.79 Å². The van der Waals surface area contributed by atoms with E-state index in [4.69, 9.17) is 10.8 Å². The molecule has 0 fully saturated rings. The summed E-state index contributed by atoms with van der Waals surface area (Å²) in [5.41, 5.74) is 5.67. The SMILES string of the molecule is CCCCCCN(CCO)C(=O)C(CN)C(C)C. The lowest BCUT2D eigenvalue weighted by atomic mass is 9.94. The fraction of sp³-hybridized carbons (Fsp3) is 0.929. The molecule has 0 aromatic carbocycles. The summed E-state index contributed by atoms with van der Waals surface area (Å²) in [4.78, 5) is 14.1. The lowest BCUT2D eigenvalue weighted by Crippen LogP contribution is -2.43. The first-order valence-corrected chi connectivity index (χ1v) is 7.18. The molecular formula is C14H30N2O2. The fourth-order valence-corrected chi connectivity index (χ4v) is 2.07. The van der Waals surface area contributed by atoms with E-state index in [1.54, 1.807) is 4.90 Å². The normalized spacial score (nSPS) is 12.8. The van der Waals surface area contributed by atoms with E-state index >= 15 is 0 Å². The van der Waals surface area contributed by atoms with Crippen LogP contribution in [-0.2, 0) is 4.79 Å². The van der Waals surface area contributed by atoms with E-state index in [-0.39, 0.29) is 24.3 Å². The molecule has 108 valence electrons. The van der Waals surface area contributed by atoms with Crippen LogP contribution in [0.2, 0.25) is 0 Å². The number of carbonyl (C=O) groups is 1. The van der Waals surface area contributed by atoms with Gasteiger partial charge in [-0.25, -0.2) is 0 Å². The molecule has 0 aromatic rings. The van der Waals surface area contributed by atoms with Crippen LogP contribution in [0, 0.1) is 11.8 Å². The fourth-order valence-electron chi connectivity index (χ4n) is 2.07. The van der Waals surface area contributed by atoms with Crippen LogP contribution < -0.4 is 5.73 Å². The lowest BCUT2D eigenvalue weighted by molar-refractivity contribution is -0.137. The van der Waals surface area contributed by atoms with Gasteiger partial charge in [0.15, 0.2) is 0 Å². The molecule has 0 heterocycles. The number of aliphatic hydroxyl groups is 1. The molecule has 18 heavy (non-hydrogen) atoms. The second kappa shape index (κ2) is 10.3. The standard InChI is InChI=1S/C14H30N2O2/c1-4-5-6-7-8-16(9-10-17)14(18)13(11-15)12(2)3/h12-13,17H,4-11,15H2,1-3H3. The Balaban J connectivity index is 4.33. The zero-order valence-corrected chi connectivity index (χ0v) is 12.2. The molecule has 0 rings (SSSR count). The first-order chi connectivity index (χ1) is 8.58. The van der Waals surface area contributed by atoms with Crippen molar-refractivity contribution in [3.05, 3.63) is 0 Å². The second-order valence-electron chi connectivity index (χ2n) is 5.20. The molecule has 1 atom stereocenters. The van der Waals surface area contributed by atoms with Crippen molar-refractivity contribution in [1.29, 1.82) is 0 Å². The number of nitrogens with two attached hydrogens (primary N) is 1. The van der Waals surface area contributed by atoms with Gasteiger partial charge in [-0.3, -0.25) is 4.79 Å². The summed E-state index contributed by atoms with van der Waals surface area (Å²) in [5.74, 6) is 0.222. The van der Waals surface area contributed by atoms with Crippen LogP contribution in [-0.4, -0.2) is 42.2 Å². The highest BCUT2D eigenvalue weighted by atomic mass is 16.3. The minimum Gasteiger partial charge on any atom is -0.395 e. The van der Waals surface area contributed by atoms with Crippen LogP contribution in [0.15, 0.2) is 0 Å². The number of hydrogen-bond acceptors (Lipinski definition) is 3. The van der Waals surface area contributed by atoms with E-state index in [1.807, 2.05) is 13.8 Å². The number of nitrogens with zero attached hydrogens (tertiary/aromatic N) is 1. The van der Waals surface area contributed by atoms with Crippen LogP contribution in [0.25, 0.3) is 0 Å². The third-order valence-electron chi connectivity index (χ3n) is 3.34. The van der Waals surface area contributed by atoms with Gasteiger partial charge in [0, 0.05) is 19.6 Å². The monoisotopic (exact) mass is 258 g/mol. The molecule has 0 radical (unpaired) electrons. The van der Waals surface area contributed by atoms with Crippen molar-refractivity contribution in [2.45, 2.75) is 46.5 Å². The minimum atomic E-state index is -0.122. The van der Waals surface area contributed by atoms with E-state index < -0.39 is 0 Å². The topological polar surface area (TPSA) is 66.6 Å².